The number of halogens is 2. The Morgan fingerprint density at radius 3 is 2.38 bits per heavy atom. The summed E-state index contributed by atoms with van der Waals surface area (Å²) in [5.41, 5.74) is 2.94. The molecule has 1 unspecified atom stereocenters. The quantitative estimate of drug-likeness (QED) is 0.798. The summed E-state index contributed by atoms with van der Waals surface area (Å²) in [5.74, 6) is -0.0313. The summed E-state index contributed by atoms with van der Waals surface area (Å²) < 4.78 is 23.4. The average Bonchev–Trinajstić information content (AvgIpc) is 2.08. The molecule has 0 radical (unpaired) electrons. The molecular weight excluding hydrogens is 312 g/mol. The van der Waals surface area contributed by atoms with E-state index in [9.17, 15) is 8.42 Å². The van der Waals surface area contributed by atoms with Gasteiger partial charge in [-0.3, -0.25) is 0 Å². The van der Waals surface area contributed by atoms with Crippen LogP contribution in [0.4, 0.5) is 0 Å². The van der Waals surface area contributed by atoms with Crippen molar-refractivity contribution in [2.24, 2.45) is 0 Å². The van der Waals surface area contributed by atoms with Crippen molar-refractivity contribution in [3.05, 3.63) is 33.3 Å². The van der Waals surface area contributed by atoms with Crippen LogP contribution in [0.1, 0.15) is 22.1 Å². The number of hydrogen-bond acceptors (Lipinski definition) is 2. The first-order valence-electron chi connectivity index (χ1n) is 4.79. The first-order chi connectivity index (χ1) is 7.20. The third-order valence-electron chi connectivity index (χ3n) is 2.33. The fraction of sp³-hybridized carbons (Fsp3) is 0.455. The predicted molar refractivity (Wildman–Crippen MR) is 71.9 cm³/mol. The zero-order valence-electron chi connectivity index (χ0n) is 9.42. The van der Waals surface area contributed by atoms with Gasteiger partial charge in [0.1, 0.15) is 9.84 Å². The number of hydrogen-bond donors (Lipinski definition) is 0. The topological polar surface area (TPSA) is 34.1 Å². The summed E-state index contributed by atoms with van der Waals surface area (Å²) in [6.07, 6.45) is 1.20. The van der Waals surface area contributed by atoms with Gasteiger partial charge < -0.3 is 0 Å². The normalized spacial score (nSPS) is 13.8. The smallest absolute Gasteiger partial charge is 0.149 e. The highest BCUT2D eigenvalue weighted by molar-refractivity contribution is 9.10. The second kappa shape index (κ2) is 5.07. The maximum atomic E-state index is 11.2. The molecule has 0 spiro atoms. The van der Waals surface area contributed by atoms with Gasteiger partial charge in [-0.25, -0.2) is 8.42 Å². The molecule has 0 fully saturated rings. The van der Waals surface area contributed by atoms with Gasteiger partial charge in [0.15, 0.2) is 0 Å². The molecule has 0 aliphatic heterocycles. The summed E-state index contributed by atoms with van der Waals surface area (Å²) in [6, 6.07) is 3.89. The van der Waals surface area contributed by atoms with Crippen LogP contribution in [0.25, 0.3) is 0 Å². The molecule has 0 saturated carbocycles. The van der Waals surface area contributed by atoms with Gasteiger partial charge in [-0.05, 0) is 36.6 Å². The van der Waals surface area contributed by atoms with Gasteiger partial charge in [0.25, 0.3) is 0 Å². The van der Waals surface area contributed by atoms with Crippen LogP contribution in [0, 0.1) is 13.8 Å². The predicted octanol–water partition coefficient (Wildman–Crippen LogP) is 3.39. The molecule has 90 valence electrons. The molecule has 0 heterocycles. The first kappa shape index (κ1) is 14.0. The standard InChI is InChI=1S/C11H14BrClO2S/c1-7-5-10(12)8(2)4-9(7)11(13)6-16(3,14)15/h4-5,11H,6H2,1-3H3. The minimum atomic E-state index is -3.05. The number of alkyl halides is 1. The lowest BCUT2D eigenvalue weighted by molar-refractivity contribution is 0.600. The van der Waals surface area contributed by atoms with E-state index in [1.807, 2.05) is 26.0 Å². The van der Waals surface area contributed by atoms with Gasteiger partial charge in [0.05, 0.1) is 11.1 Å². The molecule has 16 heavy (non-hydrogen) atoms. The third kappa shape index (κ3) is 3.75. The van der Waals surface area contributed by atoms with Crippen LogP contribution >= 0.6 is 27.5 Å². The summed E-state index contributed by atoms with van der Waals surface area (Å²) >= 11 is 9.56. The first-order valence-corrected chi connectivity index (χ1v) is 8.08. The van der Waals surface area contributed by atoms with Crippen LogP contribution in [0.3, 0.4) is 0 Å². The SMILES string of the molecule is Cc1cc(C(Cl)CS(C)(=O)=O)c(C)cc1Br. The van der Waals surface area contributed by atoms with Crippen LogP contribution < -0.4 is 0 Å². The highest BCUT2D eigenvalue weighted by Gasteiger charge is 2.17. The lowest BCUT2D eigenvalue weighted by Crippen LogP contribution is -2.10. The second-order valence-electron chi connectivity index (χ2n) is 4.02. The summed E-state index contributed by atoms with van der Waals surface area (Å²) in [7, 11) is -3.05. The van der Waals surface area contributed by atoms with Gasteiger partial charge in [0, 0.05) is 10.7 Å². The molecule has 0 aliphatic carbocycles. The van der Waals surface area contributed by atoms with E-state index in [-0.39, 0.29) is 5.75 Å². The zero-order chi connectivity index (χ0) is 12.5. The van der Waals surface area contributed by atoms with E-state index in [4.69, 9.17) is 11.6 Å². The summed E-state index contributed by atoms with van der Waals surface area (Å²) in [4.78, 5) is 0. The van der Waals surface area contributed by atoms with E-state index in [2.05, 4.69) is 15.9 Å². The van der Waals surface area contributed by atoms with Gasteiger partial charge in [0.2, 0.25) is 0 Å². The van der Waals surface area contributed by atoms with Crippen molar-refractivity contribution < 1.29 is 8.42 Å². The lowest BCUT2D eigenvalue weighted by atomic mass is 10.0. The Labute approximate surface area is 110 Å². The van der Waals surface area contributed by atoms with E-state index < -0.39 is 15.2 Å². The van der Waals surface area contributed by atoms with Gasteiger partial charge in [-0.15, -0.1) is 11.6 Å². The van der Waals surface area contributed by atoms with E-state index in [1.54, 1.807) is 0 Å². The number of sulfone groups is 1. The van der Waals surface area contributed by atoms with Gasteiger partial charge in [-0.2, -0.15) is 0 Å². The molecule has 0 aliphatic rings. The highest BCUT2D eigenvalue weighted by Crippen LogP contribution is 2.29. The second-order valence-corrected chi connectivity index (χ2v) is 7.58. The number of aryl methyl sites for hydroxylation is 2. The van der Waals surface area contributed by atoms with Crippen LogP contribution in [0.5, 0.6) is 0 Å². The van der Waals surface area contributed by atoms with Crippen LogP contribution in [0.2, 0.25) is 0 Å². The van der Waals surface area contributed by atoms with Crippen molar-refractivity contribution >= 4 is 37.4 Å². The molecule has 1 atom stereocenters. The number of benzene rings is 1. The molecule has 0 N–H and O–H groups in total. The molecule has 0 amide bonds. The Bertz CT molecular complexity index is 497. The largest absolute Gasteiger partial charge is 0.229 e. The minimum Gasteiger partial charge on any atom is -0.229 e. The summed E-state index contributed by atoms with van der Waals surface area (Å²) in [6.45, 7) is 3.88. The van der Waals surface area contributed by atoms with Crippen molar-refractivity contribution in [2.75, 3.05) is 12.0 Å². The van der Waals surface area contributed by atoms with Crippen molar-refractivity contribution in [1.29, 1.82) is 0 Å². The summed E-state index contributed by atoms with van der Waals surface area (Å²) in [5, 5.41) is -0.484. The van der Waals surface area contributed by atoms with E-state index in [1.165, 1.54) is 6.26 Å². The minimum absolute atomic E-state index is 0.0313. The van der Waals surface area contributed by atoms with E-state index in [0.29, 0.717) is 0 Å². The molecule has 0 aromatic heterocycles. The molecule has 0 bridgehead atoms. The molecule has 0 saturated heterocycles. The monoisotopic (exact) mass is 324 g/mol. The molecule has 1 aromatic rings. The Hall–Kier alpha value is -0.0600. The van der Waals surface area contributed by atoms with Crippen LogP contribution in [0.15, 0.2) is 16.6 Å². The average molecular weight is 326 g/mol. The zero-order valence-corrected chi connectivity index (χ0v) is 12.6. The van der Waals surface area contributed by atoms with Gasteiger partial charge in [-0.1, -0.05) is 22.0 Å². The Balaban J connectivity index is 3.09. The third-order valence-corrected chi connectivity index (χ3v) is 4.70. The van der Waals surface area contributed by atoms with Crippen molar-refractivity contribution in [1.82, 2.24) is 0 Å². The van der Waals surface area contributed by atoms with Crippen LogP contribution in [-0.4, -0.2) is 20.4 Å². The fourth-order valence-corrected chi connectivity index (χ4v) is 3.59. The van der Waals surface area contributed by atoms with E-state index in [0.717, 1.165) is 21.2 Å². The van der Waals surface area contributed by atoms with Crippen molar-refractivity contribution in [3.63, 3.8) is 0 Å². The maximum absolute atomic E-state index is 11.2. The van der Waals surface area contributed by atoms with Crippen LogP contribution in [-0.2, 0) is 9.84 Å². The molecule has 5 heteroatoms. The number of rotatable bonds is 3. The molecule has 1 rings (SSSR count). The van der Waals surface area contributed by atoms with Gasteiger partial charge >= 0.3 is 0 Å². The van der Waals surface area contributed by atoms with Crippen molar-refractivity contribution in [3.8, 4) is 0 Å². The Morgan fingerprint density at radius 2 is 1.88 bits per heavy atom. The molecule has 2 nitrogen and oxygen atoms in total. The fourth-order valence-electron chi connectivity index (χ4n) is 1.50. The Morgan fingerprint density at radius 1 is 1.31 bits per heavy atom. The molecule has 1 aromatic carbocycles. The molecular formula is C11H14BrClO2S. The highest BCUT2D eigenvalue weighted by atomic mass is 79.9. The Kier molecular flexibility index (Phi) is 4.43. The van der Waals surface area contributed by atoms with E-state index >= 15 is 0 Å². The lowest BCUT2D eigenvalue weighted by Gasteiger charge is -2.13. The van der Waals surface area contributed by atoms with Crippen molar-refractivity contribution in [2.45, 2.75) is 19.2 Å². The maximum Gasteiger partial charge on any atom is 0.149 e.